The van der Waals surface area contributed by atoms with Crippen molar-refractivity contribution >= 4 is 17.4 Å². The van der Waals surface area contributed by atoms with Crippen LogP contribution in [0.4, 0.5) is 0 Å². The Balaban J connectivity index is 1.86. The summed E-state index contributed by atoms with van der Waals surface area (Å²) in [4.78, 5) is 32.2. The second-order valence-corrected chi connectivity index (χ2v) is 8.27. The highest BCUT2D eigenvalue weighted by atomic mass is 16.5. The molecular weight excluding hydrogens is 460 g/mol. The molecule has 1 aliphatic heterocycles. The fourth-order valence-electron chi connectivity index (χ4n) is 4.19. The van der Waals surface area contributed by atoms with E-state index < -0.39 is 17.7 Å². The van der Waals surface area contributed by atoms with E-state index in [2.05, 4.69) is 4.98 Å². The van der Waals surface area contributed by atoms with Crippen molar-refractivity contribution in [2.75, 3.05) is 20.8 Å². The van der Waals surface area contributed by atoms with Gasteiger partial charge in [0.25, 0.3) is 11.7 Å². The van der Waals surface area contributed by atoms with Gasteiger partial charge in [0.15, 0.2) is 0 Å². The van der Waals surface area contributed by atoms with Crippen LogP contribution in [-0.4, -0.2) is 47.5 Å². The second kappa shape index (κ2) is 10.9. The SMILES string of the molecule is CCCOc1ccc(C(O)=C2C(=O)C(=O)N(Cc3cccnc3)[C@H]2c2cc(OC)ccc2OC)cc1. The number of methoxy groups -OCH3 is 2. The first kappa shape index (κ1) is 24.8. The first-order valence-corrected chi connectivity index (χ1v) is 11.6. The van der Waals surface area contributed by atoms with Crippen LogP contribution in [-0.2, 0) is 16.1 Å². The lowest BCUT2D eigenvalue weighted by Crippen LogP contribution is -2.29. The molecule has 0 spiro atoms. The highest BCUT2D eigenvalue weighted by Gasteiger charge is 2.47. The van der Waals surface area contributed by atoms with E-state index in [4.69, 9.17) is 14.2 Å². The molecule has 0 bridgehead atoms. The summed E-state index contributed by atoms with van der Waals surface area (Å²) in [5.41, 5.74) is 1.62. The van der Waals surface area contributed by atoms with Gasteiger partial charge in [-0.25, -0.2) is 0 Å². The molecule has 1 atom stereocenters. The van der Waals surface area contributed by atoms with Crippen LogP contribution in [0.25, 0.3) is 5.76 Å². The number of hydrogen-bond acceptors (Lipinski definition) is 7. The second-order valence-electron chi connectivity index (χ2n) is 8.27. The van der Waals surface area contributed by atoms with Crippen LogP contribution in [0, 0.1) is 0 Å². The maximum Gasteiger partial charge on any atom is 0.295 e. The van der Waals surface area contributed by atoms with E-state index >= 15 is 0 Å². The van der Waals surface area contributed by atoms with Crippen molar-refractivity contribution in [1.82, 2.24) is 9.88 Å². The minimum absolute atomic E-state index is 0.0299. The van der Waals surface area contributed by atoms with Crippen molar-refractivity contribution < 1.29 is 28.9 Å². The number of aliphatic hydroxyl groups excluding tert-OH is 1. The number of pyridine rings is 1. The number of likely N-dealkylation sites (tertiary alicyclic amines) is 1. The number of nitrogens with zero attached hydrogens (tertiary/aromatic N) is 2. The van der Waals surface area contributed by atoms with Crippen molar-refractivity contribution in [3.63, 3.8) is 0 Å². The zero-order valence-electron chi connectivity index (χ0n) is 20.4. The molecule has 8 heteroatoms. The van der Waals surface area contributed by atoms with Gasteiger partial charge in [0, 0.05) is 30.1 Å². The number of Topliss-reactive ketones (excluding diaryl/α,β-unsaturated/α-hetero) is 1. The van der Waals surface area contributed by atoms with Crippen LogP contribution in [0.2, 0.25) is 0 Å². The maximum atomic E-state index is 13.3. The molecule has 2 aromatic carbocycles. The van der Waals surface area contributed by atoms with Gasteiger partial charge in [-0.15, -0.1) is 0 Å². The number of carbonyl (C=O) groups is 2. The number of hydrogen-bond donors (Lipinski definition) is 1. The third-order valence-electron chi connectivity index (χ3n) is 5.95. The molecule has 1 aliphatic rings. The average Bonchev–Trinajstić information content (AvgIpc) is 3.16. The van der Waals surface area contributed by atoms with Gasteiger partial charge in [-0.3, -0.25) is 14.6 Å². The summed E-state index contributed by atoms with van der Waals surface area (Å²) < 4.78 is 16.6. The molecule has 8 nitrogen and oxygen atoms in total. The first-order chi connectivity index (χ1) is 17.5. The molecule has 0 aliphatic carbocycles. The number of carbonyl (C=O) groups excluding carboxylic acids is 2. The number of benzene rings is 2. The van der Waals surface area contributed by atoms with Crippen molar-refractivity contribution in [3.05, 3.63) is 89.3 Å². The summed E-state index contributed by atoms with van der Waals surface area (Å²) in [6.45, 7) is 2.70. The summed E-state index contributed by atoms with van der Waals surface area (Å²) >= 11 is 0. The Labute approximate surface area is 209 Å². The standard InChI is InChI=1S/C28H28N2O6/c1-4-14-36-20-9-7-19(8-10-20)26(31)24-25(22-15-21(34-2)11-12-23(22)35-3)30(28(33)27(24)32)17-18-6-5-13-29-16-18/h5-13,15-16,25,31H,4,14,17H2,1-3H3/t25-/m0/s1. The quantitative estimate of drug-likeness (QED) is 0.269. The van der Waals surface area contributed by atoms with E-state index in [1.54, 1.807) is 60.9 Å². The van der Waals surface area contributed by atoms with Crippen molar-refractivity contribution in [3.8, 4) is 17.2 Å². The highest BCUT2D eigenvalue weighted by molar-refractivity contribution is 6.46. The van der Waals surface area contributed by atoms with E-state index in [-0.39, 0.29) is 17.9 Å². The zero-order chi connectivity index (χ0) is 25.7. The molecule has 186 valence electrons. The summed E-state index contributed by atoms with van der Waals surface area (Å²) in [6, 6.07) is 14.6. The zero-order valence-corrected chi connectivity index (χ0v) is 20.4. The molecule has 0 unspecified atom stereocenters. The number of aromatic nitrogens is 1. The lowest BCUT2D eigenvalue weighted by molar-refractivity contribution is -0.140. The highest BCUT2D eigenvalue weighted by Crippen LogP contribution is 2.44. The first-order valence-electron chi connectivity index (χ1n) is 11.6. The Hall–Kier alpha value is -4.33. The third-order valence-corrected chi connectivity index (χ3v) is 5.95. The van der Waals surface area contributed by atoms with Crippen LogP contribution in [0.15, 0.2) is 72.6 Å². The van der Waals surface area contributed by atoms with E-state index in [9.17, 15) is 14.7 Å². The van der Waals surface area contributed by atoms with Crippen LogP contribution in [0.3, 0.4) is 0 Å². The van der Waals surface area contributed by atoms with Crippen LogP contribution >= 0.6 is 0 Å². The topological polar surface area (TPSA) is 98.2 Å². The summed E-state index contributed by atoms with van der Waals surface area (Å²) in [7, 11) is 3.04. The molecule has 0 radical (unpaired) electrons. The molecule has 1 amide bonds. The summed E-state index contributed by atoms with van der Waals surface area (Å²) in [5, 5.41) is 11.3. The number of aliphatic hydroxyl groups is 1. The summed E-state index contributed by atoms with van der Waals surface area (Å²) in [6.07, 6.45) is 4.13. The smallest absolute Gasteiger partial charge is 0.295 e. The van der Waals surface area contributed by atoms with E-state index in [1.807, 2.05) is 13.0 Å². The van der Waals surface area contributed by atoms with Gasteiger partial charge in [0.05, 0.1) is 32.4 Å². The molecule has 1 aromatic heterocycles. The Morgan fingerprint density at radius 3 is 2.42 bits per heavy atom. The van der Waals surface area contributed by atoms with Gasteiger partial charge in [0.2, 0.25) is 0 Å². The number of ketones is 1. The minimum atomic E-state index is -0.911. The van der Waals surface area contributed by atoms with Gasteiger partial charge in [-0.2, -0.15) is 0 Å². The predicted octanol–water partition coefficient (Wildman–Crippen LogP) is 4.51. The van der Waals surface area contributed by atoms with Crippen LogP contribution in [0.5, 0.6) is 17.2 Å². The van der Waals surface area contributed by atoms with Crippen LogP contribution in [0.1, 0.15) is 36.1 Å². The Kier molecular flexibility index (Phi) is 7.53. The van der Waals surface area contributed by atoms with Gasteiger partial charge >= 0.3 is 0 Å². The van der Waals surface area contributed by atoms with E-state index in [0.717, 1.165) is 12.0 Å². The molecule has 4 rings (SSSR count). The van der Waals surface area contributed by atoms with E-state index in [0.29, 0.717) is 35.0 Å². The Bertz CT molecular complexity index is 1270. The molecule has 1 fully saturated rings. The Morgan fingerprint density at radius 2 is 1.78 bits per heavy atom. The number of amides is 1. The molecule has 36 heavy (non-hydrogen) atoms. The van der Waals surface area contributed by atoms with Gasteiger partial charge in [0.1, 0.15) is 23.0 Å². The predicted molar refractivity (Wildman–Crippen MR) is 134 cm³/mol. The Morgan fingerprint density at radius 1 is 1.03 bits per heavy atom. The van der Waals surface area contributed by atoms with Crippen LogP contribution < -0.4 is 14.2 Å². The molecule has 1 N–H and O–H groups in total. The van der Waals surface area contributed by atoms with Gasteiger partial charge in [-0.1, -0.05) is 13.0 Å². The lowest BCUT2D eigenvalue weighted by Gasteiger charge is -2.27. The third kappa shape index (κ3) is 4.88. The van der Waals surface area contributed by atoms with Crippen molar-refractivity contribution in [2.24, 2.45) is 0 Å². The largest absolute Gasteiger partial charge is 0.507 e. The van der Waals surface area contributed by atoms with Gasteiger partial charge < -0.3 is 24.2 Å². The molecule has 0 saturated carbocycles. The number of ether oxygens (including phenoxy) is 3. The minimum Gasteiger partial charge on any atom is -0.507 e. The molecule has 2 heterocycles. The van der Waals surface area contributed by atoms with Crippen molar-refractivity contribution in [1.29, 1.82) is 0 Å². The normalized spacial score (nSPS) is 16.8. The fourth-order valence-corrected chi connectivity index (χ4v) is 4.19. The maximum absolute atomic E-state index is 13.3. The number of rotatable bonds is 9. The fraction of sp³-hybridized carbons (Fsp3) is 0.250. The average molecular weight is 489 g/mol. The molecular formula is C28H28N2O6. The lowest BCUT2D eigenvalue weighted by atomic mass is 9.94. The van der Waals surface area contributed by atoms with E-state index in [1.165, 1.54) is 19.1 Å². The molecule has 1 saturated heterocycles. The molecule has 3 aromatic rings. The van der Waals surface area contributed by atoms with Crippen molar-refractivity contribution in [2.45, 2.75) is 25.9 Å². The van der Waals surface area contributed by atoms with Gasteiger partial charge in [-0.05, 0) is 60.5 Å². The summed E-state index contributed by atoms with van der Waals surface area (Å²) in [5.74, 6) is -0.158. The monoisotopic (exact) mass is 488 g/mol.